The second kappa shape index (κ2) is 5.95. The number of thiocarbonyl (C=S) groups is 1. The summed E-state index contributed by atoms with van der Waals surface area (Å²) in [6.07, 6.45) is 0. The van der Waals surface area contributed by atoms with Crippen LogP contribution in [0.15, 0.2) is 29.4 Å². The normalized spacial score (nSPS) is 10.8. The van der Waals surface area contributed by atoms with Crippen LogP contribution >= 0.6 is 12.2 Å². The van der Waals surface area contributed by atoms with Crippen molar-refractivity contribution < 1.29 is 4.79 Å². The molecule has 1 aromatic carbocycles. The van der Waals surface area contributed by atoms with Gasteiger partial charge in [-0.25, -0.2) is 0 Å². The van der Waals surface area contributed by atoms with Crippen molar-refractivity contribution in [3.05, 3.63) is 29.8 Å². The number of nitrogens with two attached hydrogens (primary N) is 1. The minimum atomic E-state index is -0.308. The third kappa shape index (κ3) is 4.60. The van der Waals surface area contributed by atoms with E-state index in [0.717, 1.165) is 5.56 Å². The van der Waals surface area contributed by atoms with Gasteiger partial charge in [0, 0.05) is 5.69 Å². The first kappa shape index (κ1) is 13.1. The highest BCUT2D eigenvalue weighted by Crippen LogP contribution is 2.08. The van der Waals surface area contributed by atoms with Gasteiger partial charge in [0.2, 0.25) is 0 Å². The van der Waals surface area contributed by atoms with Gasteiger partial charge >= 0.3 is 0 Å². The fourth-order valence-electron chi connectivity index (χ4n) is 1.05. The van der Waals surface area contributed by atoms with Crippen LogP contribution in [0.3, 0.4) is 0 Å². The number of aryl methyl sites for hydroxylation is 1. The molecule has 0 saturated heterocycles. The molecule has 0 saturated carbocycles. The summed E-state index contributed by atoms with van der Waals surface area (Å²) in [5.74, 6) is -0.308. The van der Waals surface area contributed by atoms with Crippen molar-refractivity contribution in [3.63, 3.8) is 0 Å². The standard InChI is InChI=1S/C11H14N4OS/c1-7-3-5-9(6-4-7)13-10(16)8(2)14-15-11(12)17/h3-6H,1-2H3,(H,13,16)(H3,12,15,17)/b14-8+. The zero-order chi connectivity index (χ0) is 12.8. The first-order valence-corrected chi connectivity index (χ1v) is 5.37. The Hall–Kier alpha value is -1.95. The van der Waals surface area contributed by atoms with Gasteiger partial charge in [-0.05, 0) is 38.2 Å². The molecule has 17 heavy (non-hydrogen) atoms. The van der Waals surface area contributed by atoms with Crippen molar-refractivity contribution in [3.8, 4) is 0 Å². The molecule has 0 spiro atoms. The fourth-order valence-corrected chi connectivity index (χ4v) is 1.09. The molecule has 1 aromatic rings. The molecule has 1 amide bonds. The second-order valence-corrected chi connectivity index (χ2v) is 3.93. The molecule has 0 radical (unpaired) electrons. The van der Waals surface area contributed by atoms with E-state index in [1.54, 1.807) is 6.92 Å². The second-order valence-electron chi connectivity index (χ2n) is 3.49. The smallest absolute Gasteiger partial charge is 0.271 e. The Bertz CT molecular complexity index is 453. The minimum absolute atomic E-state index is 0.0208. The molecule has 0 heterocycles. The van der Waals surface area contributed by atoms with Crippen LogP contribution < -0.4 is 16.5 Å². The number of nitrogens with one attached hydrogen (secondary N) is 2. The lowest BCUT2D eigenvalue weighted by molar-refractivity contribution is -0.110. The van der Waals surface area contributed by atoms with Crippen molar-refractivity contribution in [2.24, 2.45) is 10.8 Å². The van der Waals surface area contributed by atoms with Gasteiger partial charge in [0.05, 0.1) is 0 Å². The molecule has 0 aliphatic rings. The lowest BCUT2D eigenvalue weighted by atomic mass is 10.2. The number of carbonyl (C=O) groups excluding carboxylic acids is 1. The van der Waals surface area contributed by atoms with Crippen molar-refractivity contribution in [2.75, 3.05) is 5.32 Å². The molecule has 5 nitrogen and oxygen atoms in total. The van der Waals surface area contributed by atoms with E-state index in [1.165, 1.54) is 0 Å². The van der Waals surface area contributed by atoms with Gasteiger partial charge in [-0.15, -0.1) is 0 Å². The van der Waals surface area contributed by atoms with Crippen molar-refractivity contribution in [1.82, 2.24) is 5.43 Å². The molecule has 0 unspecified atom stereocenters. The number of benzene rings is 1. The Morgan fingerprint density at radius 1 is 1.35 bits per heavy atom. The topological polar surface area (TPSA) is 79.5 Å². The summed E-state index contributed by atoms with van der Waals surface area (Å²) >= 11 is 4.57. The highest BCUT2D eigenvalue weighted by atomic mass is 32.1. The summed E-state index contributed by atoms with van der Waals surface area (Å²) in [5.41, 5.74) is 9.64. The number of rotatable bonds is 3. The molecule has 0 aliphatic heterocycles. The van der Waals surface area contributed by atoms with Crippen LogP contribution in [0.2, 0.25) is 0 Å². The summed E-state index contributed by atoms with van der Waals surface area (Å²) in [5, 5.41) is 6.45. The first-order valence-electron chi connectivity index (χ1n) is 4.97. The van der Waals surface area contributed by atoms with E-state index in [2.05, 4.69) is 28.1 Å². The van der Waals surface area contributed by atoms with Crippen molar-refractivity contribution >= 4 is 34.6 Å². The molecule has 0 aliphatic carbocycles. The van der Waals surface area contributed by atoms with Gasteiger partial charge in [-0.1, -0.05) is 17.7 Å². The number of nitrogens with zero attached hydrogens (tertiary/aromatic N) is 1. The summed E-state index contributed by atoms with van der Waals surface area (Å²) in [6, 6.07) is 7.47. The van der Waals surface area contributed by atoms with Gasteiger partial charge in [0.25, 0.3) is 5.91 Å². The Kier molecular flexibility index (Phi) is 4.59. The zero-order valence-electron chi connectivity index (χ0n) is 9.65. The largest absolute Gasteiger partial charge is 0.375 e. The number of amides is 1. The summed E-state index contributed by atoms with van der Waals surface area (Å²) in [6.45, 7) is 3.54. The molecule has 0 atom stereocenters. The SMILES string of the molecule is C/C(=N\NC(N)=S)C(=O)Nc1ccc(C)cc1. The number of anilines is 1. The Balaban J connectivity index is 2.63. The van der Waals surface area contributed by atoms with Crippen LogP contribution in [-0.2, 0) is 4.79 Å². The van der Waals surface area contributed by atoms with E-state index in [4.69, 9.17) is 5.73 Å². The van der Waals surface area contributed by atoms with Gasteiger partial charge in [0.15, 0.2) is 5.11 Å². The van der Waals surface area contributed by atoms with Crippen molar-refractivity contribution in [2.45, 2.75) is 13.8 Å². The molecule has 0 fully saturated rings. The van der Waals surface area contributed by atoms with E-state index >= 15 is 0 Å². The number of hydrazone groups is 1. The average molecular weight is 250 g/mol. The number of hydrogen-bond acceptors (Lipinski definition) is 3. The van der Waals surface area contributed by atoms with Crippen LogP contribution in [0.1, 0.15) is 12.5 Å². The zero-order valence-corrected chi connectivity index (χ0v) is 10.5. The maximum Gasteiger partial charge on any atom is 0.271 e. The van der Waals surface area contributed by atoms with E-state index in [1.807, 2.05) is 31.2 Å². The van der Waals surface area contributed by atoms with Crippen LogP contribution in [0, 0.1) is 6.92 Å². The molecular formula is C11H14N4OS. The lowest BCUT2D eigenvalue weighted by Gasteiger charge is -2.05. The van der Waals surface area contributed by atoms with Crippen LogP contribution in [0.4, 0.5) is 5.69 Å². The maximum absolute atomic E-state index is 11.6. The third-order valence-electron chi connectivity index (χ3n) is 1.97. The minimum Gasteiger partial charge on any atom is -0.375 e. The predicted molar refractivity (Wildman–Crippen MR) is 72.8 cm³/mol. The molecule has 4 N–H and O–H groups in total. The molecule has 0 aromatic heterocycles. The average Bonchev–Trinajstić information content (AvgIpc) is 2.28. The molecular weight excluding hydrogens is 236 g/mol. The third-order valence-corrected chi connectivity index (χ3v) is 2.06. The Morgan fingerprint density at radius 2 is 1.94 bits per heavy atom. The summed E-state index contributed by atoms with van der Waals surface area (Å²) in [4.78, 5) is 11.6. The van der Waals surface area contributed by atoms with Crippen LogP contribution in [0.5, 0.6) is 0 Å². The molecule has 6 heteroatoms. The molecule has 90 valence electrons. The summed E-state index contributed by atoms with van der Waals surface area (Å²) in [7, 11) is 0. The van der Waals surface area contributed by atoms with E-state index in [9.17, 15) is 4.79 Å². The number of hydrogen-bond donors (Lipinski definition) is 3. The Labute approximate surface area is 105 Å². The Morgan fingerprint density at radius 3 is 2.47 bits per heavy atom. The highest BCUT2D eigenvalue weighted by Gasteiger charge is 2.06. The monoisotopic (exact) mass is 250 g/mol. The fraction of sp³-hybridized carbons (Fsp3) is 0.182. The van der Waals surface area contributed by atoms with Gasteiger partial charge < -0.3 is 11.1 Å². The van der Waals surface area contributed by atoms with E-state index in [-0.39, 0.29) is 16.7 Å². The molecule has 1 rings (SSSR count). The molecule has 0 bridgehead atoms. The maximum atomic E-state index is 11.6. The van der Waals surface area contributed by atoms with Crippen LogP contribution in [-0.4, -0.2) is 16.7 Å². The quantitative estimate of drug-likeness (QED) is 0.427. The summed E-state index contributed by atoms with van der Waals surface area (Å²) < 4.78 is 0. The van der Waals surface area contributed by atoms with Crippen molar-refractivity contribution in [1.29, 1.82) is 0 Å². The van der Waals surface area contributed by atoms with E-state index < -0.39 is 0 Å². The van der Waals surface area contributed by atoms with E-state index in [0.29, 0.717) is 5.69 Å². The predicted octanol–water partition coefficient (Wildman–Crippen LogP) is 1.14. The van der Waals surface area contributed by atoms with Gasteiger partial charge in [-0.2, -0.15) is 5.10 Å². The lowest BCUT2D eigenvalue weighted by Crippen LogP contribution is -2.28. The number of carbonyl (C=O) groups is 1. The first-order chi connectivity index (χ1) is 7.99. The van der Waals surface area contributed by atoms with Gasteiger partial charge in [-0.3, -0.25) is 10.2 Å². The van der Waals surface area contributed by atoms with Crippen LogP contribution in [0.25, 0.3) is 0 Å². The highest BCUT2D eigenvalue weighted by molar-refractivity contribution is 7.80. The van der Waals surface area contributed by atoms with Gasteiger partial charge in [0.1, 0.15) is 5.71 Å².